The monoisotopic (exact) mass is 391 g/mol. The van der Waals surface area contributed by atoms with Gasteiger partial charge in [0.05, 0.1) is 5.52 Å². The highest BCUT2D eigenvalue weighted by Gasteiger charge is 2.18. The van der Waals surface area contributed by atoms with Crippen LogP contribution in [-0.4, -0.2) is 37.9 Å². The molecule has 0 saturated heterocycles. The first kappa shape index (κ1) is 18.3. The molecule has 5 rings (SSSR count). The maximum atomic E-state index is 14.0. The minimum atomic E-state index is -0.521. The van der Waals surface area contributed by atoms with Crippen LogP contribution < -0.4 is 0 Å². The van der Waals surface area contributed by atoms with Gasteiger partial charge in [0.15, 0.2) is 5.65 Å². The van der Waals surface area contributed by atoms with E-state index < -0.39 is 5.95 Å². The van der Waals surface area contributed by atoms with E-state index in [0.717, 1.165) is 40.0 Å². The lowest BCUT2D eigenvalue weighted by molar-refractivity contribution is 0.184. The number of halogens is 1. The van der Waals surface area contributed by atoms with E-state index in [1.807, 2.05) is 6.92 Å². The highest BCUT2D eigenvalue weighted by atomic mass is 19.1. The Labute approximate surface area is 169 Å². The fraction of sp³-hybridized carbons (Fsp3) is 0.391. The number of pyridine rings is 1. The SMILES string of the molecule is Cc1nc2nc(F)cc(-c3cc4cc(CN(C)C5CCCCC5)ccc4[nH]3)c2[nH]1. The molecule has 0 radical (unpaired) electrons. The van der Waals surface area contributed by atoms with Crippen molar-refractivity contribution in [3.05, 3.63) is 47.7 Å². The van der Waals surface area contributed by atoms with E-state index in [1.165, 1.54) is 43.7 Å². The molecule has 5 nitrogen and oxygen atoms in total. The zero-order valence-corrected chi connectivity index (χ0v) is 16.9. The largest absolute Gasteiger partial charge is 0.354 e. The predicted molar refractivity (Wildman–Crippen MR) is 114 cm³/mol. The van der Waals surface area contributed by atoms with Gasteiger partial charge in [0.25, 0.3) is 0 Å². The number of fused-ring (bicyclic) bond motifs is 2. The second kappa shape index (κ2) is 7.26. The first-order chi connectivity index (χ1) is 14.1. The summed E-state index contributed by atoms with van der Waals surface area (Å²) in [5.74, 6) is 0.205. The lowest BCUT2D eigenvalue weighted by Crippen LogP contribution is -2.32. The number of H-pyrrole nitrogens is 2. The number of nitrogens with one attached hydrogen (secondary N) is 2. The van der Waals surface area contributed by atoms with Gasteiger partial charge in [-0.2, -0.15) is 9.37 Å². The summed E-state index contributed by atoms with van der Waals surface area (Å²) < 4.78 is 14.0. The summed E-state index contributed by atoms with van der Waals surface area (Å²) in [6, 6.07) is 10.8. The molecule has 6 heteroatoms. The summed E-state index contributed by atoms with van der Waals surface area (Å²) >= 11 is 0. The topological polar surface area (TPSA) is 60.6 Å². The number of hydrogen-bond donors (Lipinski definition) is 2. The minimum Gasteiger partial charge on any atom is -0.354 e. The van der Waals surface area contributed by atoms with Crippen molar-refractivity contribution in [3.8, 4) is 11.3 Å². The van der Waals surface area contributed by atoms with E-state index in [0.29, 0.717) is 11.7 Å². The standard InChI is InChI=1S/C23H26FN5/c1-14-25-22-18(12-21(24)28-23(22)26-14)20-11-16-10-15(8-9-19(16)27-20)13-29(2)17-6-4-3-5-7-17/h8-12,17,27H,3-7,13H2,1-2H3,(H,25,26,28). The van der Waals surface area contributed by atoms with E-state index in [-0.39, 0.29) is 0 Å². The third-order valence-electron chi connectivity index (χ3n) is 6.15. The Balaban J connectivity index is 1.47. The van der Waals surface area contributed by atoms with Crippen LogP contribution in [0.25, 0.3) is 33.3 Å². The van der Waals surface area contributed by atoms with Crippen molar-refractivity contribution in [1.29, 1.82) is 0 Å². The summed E-state index contributed by atoms with van der Waals surface area (Å²) in [6.45, 7) is 2.80. The molecule has 0 bridgehead atoms. The molecule has 0 unspecified atom stereocenters. The molecule has 3 heterocycles. The van der Waals surface area contributed by atoms with Crippen molar-refractivity contribution in [2.45, 2.75) is 51.6 Å². The first-order valence-electron chi connectivity index (χ1n) is 10.4. The molecule has 1 aromatic carbocycles. The summed E-state index contributed by atoms with van der Waals surface area (Å²) in [6.07, 6.45) is 6.68. The molecule has 150 valence electrons. The first-order valence-corrected chi connectivity index (χ1v) is 10.4. The van der Waals surface area contributed by atoms with E-state index in [9.17, 15) is 4.39 Å². The summed E-state index contributed by atoms with van der Waals surface area (Å²) in [5, 5.41) is 1.14. The third kappa shape index (κ3) is 3.53. The van der Waals surface area contributed by atoms with Crippen LogP contribution in [0, 0.1) is 12.9 Å². The van der Waals surface area contributed by atoms with Gasteiger partial charge in [0.1, 0.15) is 5.82 Å². The number of aryl methyl sites for hydroxylation is 1. The molecule has 0 spiro atoms. The van der Waals surface area contributed by atoms with Crippen LogP contribution in [0.2, 0.25) is 0 Å². The van der Waals surface area contributed by atoms with Gasteiger partial charge in [-0.25, -0.2) is 4.98 Å². The molecule has 0 amide bonds. The van der Waals surface area contributed by atoms with Gasteiger partial charge in [-0.3, -0.25) is 4.90 Å². The lowest BCUT2D eigenvalue weighted by Gasteiger charge is -2.31. The predicted octanol–water partition coefficient (Wildman–Crippen LogP) is 5.32. The summed E-state index contributed by atoms with van der Waals surface area (Å²) in [7, 11) is 2.24. The van der Waals surface area contributed by atoms with Gasteiger partial charge < -0.3 is 9.97 Å². The molecule has 1 aliphatic carbocycles. The van der Waals surface area contributed by atoms with Crippen LogP contribution in [-0.2, 0) is 6.54 Å². The van der Waals surface area contributed by atoms with Crippen LogP contribution >= 0.6 is 0 Å². The van der Waals surface area contributed by atoms with Crippen molar-refractivity contribution in [1.82, 2.24) is 24.8 Å². The summed E-state index contributed by atoms with van der Waals surface area (Å²) in [5.41, 5.74) is 5.14. The number of hydrogen-bond acceptors (Lipinski definition) is 3. The molecule has 2 N–H and O–H groups in total. The minimum absolute atomic E-state index is 0.408. The van der Waals surface area contributed by atoms with Crippen LogP contribution in [0.4, 0.5) is 4.39 Å². The number of rotatable bonds is 4. The van der Waals surface area contributed by atoms with Crippen molar-refractivity contribution in [3.63, 3.8) is 0 Å². The maximum Gasteiger partial charge on any atom is 0.215 e. The fourth-order valence-corrected chi connectivity index (χ4v) is 4.65. The van der Waals surface area contributed by atoms with Crippen molar-refractivity contribution in [2.24, 2.45) is 0 Å². The second-order valence-corrected chi connectivity index (χ2v) is 8.32. The number of benzene rings is 1. The van der Waals surface area contributed by atoms with Gasteiger partial charge in [0.2, 0.25) is 5.95 Å². The molecule has 0 aliphatic heterocycles. The quantitative estimate of drug-likeness (QED) is 0.463. The lowest BCUT2D eigenvalue weighted by atomic mass is 9.94. The highest BCUT2D eigenvalue weighted by Crippen LogP contribution is 2.30. The molecular formula is C23H26FN5. The number of nitrogens with zero attached hydrogens (tertiary/aromatic N) is 3. The molecule has 0 atom stereocenters. The summed E-state index contributed by atoms with van der Waals surface area (Å²) in [4.78, 5) is 17.3. The smallest absolute Gasteiger partial charge is 0.215 e. The van der Waals surface area contributed by atoms with Crippen LogP contribution in [0.1, 0.15) is 43.5 Å². The molecule has 29 heavy (non-hydrogen) atoms. The van der Waals surface area contributed by atoms with Gasteiger partial charge >= 0.3 is 0 Å². The highest BCUT2D eigenvalue weighted by molar-refractivity contribution is 5.94. The van der Waals surface area contributed by atoms with Gasteiger partial charge in [-0.05, 0) is 50.6 Å². The van der Waals surface area contributed by atoms with Gasteiger partial charge in [0, 0.05) is 40.8 Å². The second-order valence-electron chi connectivity index (χ2n) is 8.32. The number of aromatic nitrogens is 4. The maximum absolute atomic E-state index is 14.0. The van der Waals surface area contributed by atoms with Crippen molar-refractivity contribution >= 4 is 22.1 Å². The van der Waals surface area contributed by atoms with Gasteiger partial charge in [-0.1, -0.05) is 25.3 Å². The van der Waals surface area contributed by atoms with Crippen molar-refractivity contribution < 1.29 is 4.39 Å². The molecule has 1 fully saturated rings. The molecule has 3 aromatic heterocycles. The van der Waals surface area contributed by atoms with Crippen LogP contribution in [0.5, 0.6) is 0 Å². The Morgan fingerprint density at radius 2 is 1.90 bits per heavy atom. The Kier molecular flexibility index (Phi) is 4.59. The zero-order chi connectivity index (χ0) is 20.0. The molecule has 1 saturated carbocycles. The average Bonchev–Trinajstić information content (AvgIpc) is 3.30. The normalized spacial score (nSPS) is 15.7. The Hall–Kier alpha value is -2.73. The zero-order valence-electron chi connectivity index (χ0n) is 16.9. The Bertz CT molecular complexity index is 1170. The molecular weight excluding hydrogens is 365 g/mol. The van der Waals surface area contributed by atoms with Gasteiger partial charge in [-0.15, -0.1) is 0 Å². The number of imidazole rings is 1. The third-order valence-corrected chi connectivity index (χ3v) is 6.15. The van der Waals surface area contributed by atoms with E-state index in [1.54, 1.807) is 0 Å². The molecule has 4 aromatic rings. The Morgan fingerprint density at radius 1 is 1.07 bits per heavy atom. The van der Waals surface area contributed by atoms with Crippen LogP contribution in [0.15, 0.2) is 30.3 Å². The fourth-order valence-electron chi connectivity index (χ4n) is 4.65. The molecule has 1 aliphatic rings. The average molecular weight is 391 g/mol. The number of aromatic amines is 2. The Morgan fingerprint density at radius 3 is 2.72 bits per heavy atom. The van der Waals surface area contributed by atoms with E-state index in [2.05, 4.69) is 56.1 Å². The van der Waals surface area contributed by atoms with Crippen LogP contribution in [0.3, 0.4) is 0 Å². The van der Waals surface area contributed by atoms with Crippen molar-refractivity contribution in [2.75, 3.05) is 7.05 Å². The van der Waals surface area contributed by atoms with E-state index >= 15 is 0 Å². The van der Waals surface area contributed by atoms with E-state index in [4.69, 9.17) is 0 Å².